The average molecular weight is 273 g/mol. The van der Waals surface area contributed by atoms with Gasteiger partial charge in [0, 0.05) is 11.1 Å². The Kier molecular flexibility index (Phi) is 4.31. The molecule has 0 unspecified atom stereocenters. The molecule has 0 atom stereocenters. The van der Waals surface area contributed by atoms with Crippen molar-refractivity contribution in [3.63, 3.8) is 0 Å². The van der Waals surface area contributed by atoms with Crippen molar-refractivity contribution in [2.24, 2.45) is 0 Å². The summed E-state index contributed by atoms with van der Waals surface area (Å²) in [4.78, 5) is 22.2. The van der Waals surface area contributed by atoms with Crippen molar-refractivity contribution in [2.75, 3.05) is 5.32 Å². The first-order chi connectivity index (χ1) is 8.75. The van der Waals surface area contributed by atoms with Crippen LogP contribution < -0.4 is 5.32 Å². The van der Waals surface area contributed by atoms with Crippen LogP contribution in [0.2, 0.25) is 0 Å². The van der Waals surface area contributed by atoms with Gasteiger partial charge in [-0.05, 0) is 26.0 Å². The van der Waals surface area contributed by atoms with Crippen molar-refractivity contribution in [1.82, 2.24) is 0 Å². The van der Waals surface area contributed by atoms with Crippen LogP contribution >= 0.6 is 0 Å². The number of rotatable bonds is 3. The maximum absolute atomic E-state index is 13.3. The van der Waals surface area contributed by atoms with Crippen LogP contribution in [0.15, 0.2) is 23.3 Å². The largest absolute Gasteiger partial charge is 0.478 e. The van der Waals surface area contributed by atoms with E-state index >= 15 is 0 Å². The Hall–Kier alpha value is -2.31. The normalized spacial score (nSPS) is 11.8. The van der Waals surface area contributed by atoms with E-state index in [1.807, 2.05) is 5.32 Å². The summed E-state index contributed by atoms with van der Waals surface area (Å²) in [5, 5.41) is 10.7. The minimum atomic E-state index is -1.71. The number of nitrogens with one attached hydrogen (secondary N) is 1. The molecular formula is C12H10F3NO3. The fourth-order valence-electron chi connectivity index (χ4n) is 1.17. The number of hydrogen-bond acceptors (Lipinski definition) is 2. The lowest BCUT2D eigenvalue weighted by Crippen LogP contribution is -2.17. The molecule has 0 spiro atoms. The van der Waals surface area contributed by atoms with Gasteiger partial charge in [-0.2, -0.15) is 0 Å². The number of carbonyl (C=O) groups is 2. The van der Waals surface area contributed by atoms with E-state index in [2.05, 4.69) is 0 Å². The molecule has 102 valence electrons. The number of carboxylic acid groups (broad SMARTS) is 1. The van der Waals surface area contributed by atoms with E-state index < -0.39 is 35.0 Å². The highest BCUT2D eigenvalue weighted by molar-refractivity contribution is 6.08. The quantitative estimate of drug-likeness (QED) is 0.656. The van der Waals surface area contributed by atoms with E-state index in [0.29, 0.717) is 6.07 Å². The lowest BCUT2D eigenvalue weighted by Gasteiger charge is -2.08. The van der Waals surface area contributed by atoms with Crippen LogP contribution in [0.4, 0.5) is 18.9 Å². The maximum atomic E-state index is 13.3. The third-order valence-corrected chi connectivity index (χ3v) is 2.51. The van der Waals surface area contributed by atoms with E-state index in [4.69, 9.17) is 5.11 Å². The lowest BCUT2D eigenvalue weighted by atomic mass is 10.1. The first-order valence-electron chi connectivity index (χ1n) is 5.11. The Morgan fingerprint density at radius 2 is 1.63 bits per heavy atom. The fourth-order valence-corrected chi connectivity index (χ4v) is 1.17. The summed E-state index contributed by atoms with van der Waals surface area (Å²) in [5.74, 6) is -6.86. The van der Waals surface area contributed by atoms with Gasteiger partial charge in [-0.3, -0.25) is 4.79 Å². The van der Waals surface area contributed by atoms with Crippen molar-refractivity contribution in [2.45, 2.75) is 13.8 Å². The molecule has 2 N–H and O–H groups in total. The molecule has 0 bridgehead atoms. The van der Waals surface area contributed by atoms with E-state index in [-0.39, 0.29) is 11.1 Å². The summed E-state index contributed by atoms with van der Waals surface area (Å²) in [6.07, 6.45) is 0. The second-order valence-electron chi connectivity index (χ2n) is 3.73. The summed E-state index contributed by atoms with van der Waals surface area (Å²) in [7, 11) is 0. The van der Waals surface area contributed by atoms with Crippen LogP contribution in [-0.2, 0) is 9.59 Å². The van der Waals surface area contributed by atoms with Crippen molar-refractivity contribution in [3.8, 4) is 0 Å². The smallest absolute Gasteiger partial charge is 0.331 e. The first kappa shape index (κ1) is 14.7. The Morgan fingerprint density at radius 3 is 2.16 bits per heavy atom. The van der Waals surface area contributed by atoms with Gasteiger partial charge in [0.2, 0.25) is 0 Å². The summed E-state index contributed by atoms with van der Waals surface area (Å²) in [6, 6.07) is 1.49. The van der Waals surface area contributed by atoms with E-state index in [1.54, 1.807) is 0 Å². The Morgan fingerprint density at radius 1 is 1.05 bits per heavy atom. The van der Waals surface area contributed by atoms with E-state index in [0.717, 1.165) is 6.07 Å². The molecule has 0 heterocycles. The number of aliphatic carboxylic acids is 1. The van der Waals surface area contributed by atoms with Crippen molar-refractivity contribution < 1.29 is 27.9 Å². The zero-order chi connectivity index (χ0) is 14.7. The molecule has 4 nitrogen and oxygen atoms in total. The minimum absolute atomic E-state index is 0.170. The lowest BCUT2D eigenvalue weighted by molar-refractivity contribution is -0.133. The monoisotopic (exact) mass is 273 g/mol. The minimum Gasteiger partial charge on any atom is -0.478 e. The topological polar surface area (TPSA) is 66.4 Å². The summed E-state index contributed by atoms with van der Waals surface area (Å²) < 4.78 is 38.9. The van der Waals surface area contributed by atoms with Crippen molar-refractivity contribution >= 4 is 17.6 Å². The highest BCUT2D eigenvalue weighted by Gasteiger charge is 2.17. The Balaban J connectivity index is 3.05. The van der Waals surface area contributed by atoms with Gasteiger partial charge >= 0.3 is 5.97 Å². The van der Waals surface area contributed by atoms with Gasteiger partial charge in [0.05, 0.1) is 5.69 Å². The molecule has 1 rings (SSSR count). The molecule has 0 aromatic heterocycles. The van der Waals surface area contributed by atoms with E-state index in [1.165, 1.54) is 13.8 Å². The van der Waals surface area contributed by atoms with Gasteiger partial charge in [0.25, 0.3) is 5.91 Å². The summed E-state index contributed by atoms with van der Waals surface area (Å²) >= 11 is 0. The van der Waals surface area contributed by atoms with Gasteiger partial charge in [-0.15, -0.1) is 0 Å². The van der Waals surface area contributed by atoms with Gasteiger partial charge < -0.3 is 10.4 Å². The van der Waals surface area contributed by atoms with Gasteiger partial charge in [-0.25, -0.2) is 18.0 Å². The average Bonchev–Trinajstić information content (AvgIpc) is 2.37. The van der Waals surface area contributed by atoms with Crippen LogP contribution in [0.1, 0.15) is 13.8 Å². The van der Waals surface area contributed by atoms with Crippen molar-refractivity contribution in [1.29, 1.82) is 0 Å². The Bertz CT molecular complexity index is 582. The zero-order valence-corrected chi connectivity index (χ0v) is 10.1. The zero-order valence-electron chi connectivity index (χ0n) is 10.1. The fraction of sp³-hybridized carbons (Fsp3) is 0.167. The molecule has 0 aliphatic rings. The number of carbonyl (C=O) groups excluding carboxylic acids is 1. The molecule has 7 heteroatoms. The molecule has 1 aromatic carbocycles. The third kappa shape index (κ3) is 3.12. The molecule has 0 radical (unpaired) electrons. The second-order valence-corrected chi connectivity index (χ2v) is 3.73. The molecule has 0 aliphatic carbocycles. The molecule has 19 heavy (non-hydrogen) atoms. The predicted molar refractivity (Wildman–Crippen MR) is 61.0 cm³/mol. The van der Waals surface area contributed by atoms with Crippen LogP contribution in [0.3, 0.4) is 0 Å². The number of amides is 1. The molecule has 1 amide bonds. The first-order valence-corrected chi connectivity index (χ1v) is 5.11. The summed E-state index contributed by atoms with van der Waals surface area (Å²) in [6.45, 7) is 2.41. The summed E-state index contributed by atoms with van der Waals surface area (Å²) in [5.41, 5.74) is -0.974. The van der Waals surface area contributed by atoms with E-state index in [9.17, 15) is 22.8 Å². The van der Waals surface area contributed by atoms with Crippen LogP contribution in [0.5, 0.6) is 0 Å². The standard InChI is InChI=1S/C12H10F3NO3/c1-5(6(2)12(18)19)11(17)16-8-4-3-7(13)9(14)10(8)15/h3-4H,1-2H3,(H,16,17)(H,18,19)/b6-5-. The number of anilines is 1. The molecule has 1 aromatic rings. The number of carboxylic acids is 1. The maximum Gasteiger partial charge on any atom is 0.331 e. The highest BCUT2D eigenvalue weighted by atomic mass is 19.2. The molecule has 0 saturated heterocycles. The van der Waals surface area contributed by atoms with Crippen LogP contribution in [0, 0.1) is 17.5 Å². The van der Waals surface area contributed by atoms with Crippen molar-refractivity contribution in [3.05, 3.63) is 40.7 Å². The molecule has 0 aliphatic heterocycles. The van der Waals surface area contributed by atoms with Gasteiger partial charge in [0.15, 0.2) is 17.5 Å². The number of hydrogen-bond donors (Lipinski definition) is 2. The number of halogens is 3. The molecule has 0 fully saturated rings. The van der Waals surface area contributed by atoms with Crippen LogP contribution in [0.25, 0.3) is 0 Å². The Labute approximate surface area is 106 Å². The third-order valence-electron chi connectivity index (χ3n) is 2.51. The van der Waals surface area contributed by atoms with Gasteiger partial charge in [0.1, 0.15) is 0 Å². The molecule has 0 saturated carbocycles. The predicted octanol–water partition coefficient (Wildman–Crippen LogP) is 2.46. The highest BCUT2D eigenvalue weighted by Crippen LogP contribution is 2.20. The SMILES string of the molecule is C/C(C(=O)O)=C(\C)C(=O)Nc1ccc(F)c(F)c1F. The second kappa shape index (κ2) is 5.55. The number of benzene rings is 1. The molecular weight excluding hydrogens is 263 g/mol. The van der Waals surface area contributed by atoms with Gasteiger partial charge in [-0.1, -0.05) is 0 Å². The van der Waals surface area contributed by atoms with Crippen LogP contribution in [-0.4, -0.2) is 17.0 Å².